The maximum atomic E-state index is 12.5. The summed E-state index contributed by atoms with van der Waals surface area (Å²) in [5.41, 5.74) is -4.98. The Bertz CT molecular complexity index is 660. The third kappa shape index (κ3) is 4.84. The predicted octanol–water partition coefficient (Wildman–Crippen LogP) is 3.06. The van der Waals surface area contributed by atoms with Crippen LogP contribution in [0.5, 0.6) is 17.2 Å². The Balaban J connectivity index is 3.16. The third-order valence-electron chi connectivity index (χ3n) is 2.80. The first-order valence-electron chi connectivity index (χ1n) is 6.39. The molecular formula is C13H19F3O6S2. The fourth-order valence-electron chi connectivity index (χ4n) is 1.93. The molecule has 0 fully saturated rings. The molecule has 11 heteroatoms. The second-order valence-electron chi connectivity index (χ2n) is 5.08. The zero-order valence-electron chi connectivity index (χ0n) is 13.8. The van der Waals surface area contributed by atoms with E-state index in [1.54, 1.807) is 0 Å². The summed E-state index contributed by atoms with van der Waals surface area (Å²) < 4.78 is 79.7. The molecule has 0 aliphatic rings. The molecule has 0 saturated heterocycles. The van der Waals surface area contributed by atoms with E-state index in [4.69, 9.17) is 14.2 Å². The molecular weight excluding hydrogens is 373 g/mol. The third-order valence-corrected chi connectivity index (χ3v) is 6.58. The highest BCUT2D eigenvalue weighted by molar-refractivity contribution is 8.31. The average Bonchev–Trinajstić information content (AvgIpc) is 2.43. The van der Waals surface area contributed by atoms with Crippen molar-refractivity contribution >= 4 is 20.4 Å². The van der Waals surface area contributed by atoms with Gasteiger partial charge in [0.2, 0.25) is 5.75 Å². The first kappa shape index (κ1) is 20.7. The second kappa shape index (κ2) is 7.28. The normalized spacial score (nSPS) is 13.5. The molecule has 0 aliphatic heterocycles. The predicted molar refractivity (Wildman–Crippen MR) is 85.3 cm³/mol. The van der Waals surface area contributed by atoms with E-state index in [0.29, 0.717) is 22.8 Å². The van der Waals surface area contributed by atoms with Gasteiger partial charge >= 0.3 is 15.6 Å². The van der Waals surface area contributed by atoms with Gasteiger partial charge in [-0.2, -0.15) is 21.6 Å². The lowest BCUT2D eigenvalue weighted by Gasteiger charge is -2.30. The molecule has 0 unspecified atom stereocenters. The molecule has 0 radical (unpaired) electrons. The van der Waals surface area contributed by atoms with Crippen LogP contribution in [-0.2, 0) is 19.5 Å². The first-order valence-corrected chi connectivity index (χ1v) is 10.3. The van der Waals surface area contributed by atoms with E-state index in [-0.39, 0.29) is 5.75 Å². The van der Waals surface area contributed by atoms with Gasteiger partial charge in [-0.1, -0.05) is 0 Å². The summed E-state index contributed by atoms with van der Waals surface area (Å²) in [4.78, 5) is 0. The van der Waals surface area contributed by atoms with Crippen LogP contribution in [0.1, 0.15) is 5.56 Å². The molecule has 0 amide bonds. The molecule has 1 aromatic rings. The summed E-state index contributed by atoms with van der Waals surface area (Å²) in [5.74, 6) is 0.876. The van der Waals surface area contributed by atoms with Crippen molar-refractivity contribution in [2.24, 2.45) is 0 Å². The van der Waals surface area contributed by atoms with Crippen molar-refractivity contribution in [2.75, 3.05) is 33.8 Å². The summed E-state index contributed by atoms with van der Waals surface area (Å²) >= 11 is 0. The summed E-state index contributed by atoms with van der Waals surface area (Å²) in [6, 6.07) is 3.05. The van der Waals surface area contributed by atoms with E-state index in [9.17, 15) is 21.6 Å². The molecule has 24 heavy (non-hydrogen) atoms. The fourth-order valence-corrected chi connectivity index (χ4v) is 5.34. The van der Waals surface area contributed by atoms with E-state index in [1.807, 2.05) is 0 Å². The van der Waals surface area contributed by atoms with E-state index in [2.05, 4.69) is 3.63 Å². The van der Waals surface area contributed by atoms with E-state index in [0.717, 1.165) is 0 Å². The highest BCUT2D eigenvalue weighted by Crippen LogP contribution is 2.50. The smallest absolute Gasteiger partial charge is 0.493 e. The van der Waals surface area contributed by atoms with E-state index in [1.165, 1.54) is 46.0 Å². The Kier molecular flexibility index (Phi) is 6.28. The topological polar surface area (TPSA) is 71.1 Å². The Labute approximate surface area is 140 Å². The Morgan fingerprint density at radius 2 is 1.42 bits per heavy atom. The van der Waals surface area contributed by atoms with Gasteiger partial charge in [0, 0.05) is 5.75 Å². The van der Waals surface area contributed by atoms with Crippen molar-refractivity contribution < 1.29 is 39.4 Å². The average molecular weight is 392 g/mol. The minimum Gasteiger partial charge on any atom is -0.493 e. The molecule has 0 atom stereocenters. The number of rotatable bonds is 7. The zero-order valence-corrected chi connectivity index (χ0v) is 15.4. The van der Waals surface area contributed by atoms with Gasteiger partial charge in [-0.25, -0.2) is 3.63 Å². The maximum Gasteiger partial charge on any atom is 0.523 e. The molecule has 0 N–H and O–H groups in total. The largest absolute Gasteiger partial charge is 0.523 e. The van der Waals surface area contributed by atoms with Crippen LogP contribution in [0.25, 0.3) is 0 Å². The summed E-state index contributed by atoms with van der Waals surface area (Å²) in [6.45, 7) is 0. The Hall–Kier alpha value is -1.33. The quantitative estimate of drug-likeness (QED) is 0.664. The molecule has 1 aromatic carbocycles. The van der Waals surface area contributed by atoms with Gasteiger partial charge in [-0.3, -0.25) is 0 Å². The van der Waals surface area contributed by atoms with Crippen molar-refractivity contribution in [3.05, 3.63) is 17.7 Å². The maximum absolute atomic E-state index is 12.5. The minimum absolute atomic E-state index is 0.0565. The number of benzene rings is 1. The van der Waals surface area contributed by atoms with Crippen molar-refractivity contribution in [1.29, 1.82) is 0 Å². The Morgan fingerprint density at radius 1 is 0.958 bits per heavy atom. The Morgan fingerprint density at radius 3 is 1.75 bits per heavy atom. The molecule has 0 bridgehead atoms. The lowest BCUT2D eigenvalue weighted by molar-refractivity contribution is -0.0496. The van der Waals surface area contributed by atoms with Gasteiger partial charge in [0.25, 0.3) is 0 Å². The van der Waals surface area contributed by atoms with Crippen LogP contribution in [-0.4, -0.2) is 47.8 Å². The molecule has 6 nitrogen and oxygen atoms in total. The van der Waals surface area contributed by atoms with Crippen molar-refractivity contribution in [3.8, 4) is 17.2 Å². The lowest BCUT2D eigenvalue weighted by atomic mass is 10.2. The van der Waals surface area contributed by atoms with Crippen LogP contribution >= 0.6 is 10.3 Å². The molecule has 0 heterocycles. The highest BCUT2D eigenvalue weighted by Gasteiger charge is 2.49. The number of ether oxygens (including phenoxy) is 3. The number of alkyl halides is 3. The molecule has 0 aromatic heterocycles. The van der Waals surface area contributed by atoms with Gasteiger partial charge in [-0.05, 0) is 30.2 Å². The summed E-state index contributed by atoms with van der Waals surface area (Å²) in [6.07, 6.45) is 2.64. The second-order valence-corrected chi connectivity index (χ2v) is 10.2. The van der Waals surface area contributed by atoms with Crippen LogP contribution in [0.15, 0.2) is 12.1 Å². The zero-order chi connectivity index (χ0) is 18.8. The SMILES string of the molecule is COc1cc(CS(C)(C)OS(=O)(=O)C(F)(F)F)cc(OC)c1OC. The highest BCUT2D eigenvalue weighted by atomic mass is 32.3. The van der Waals surface area contributed by atoms with Crippen LogP contribution in [0.2, 0.25) is 0 Å². The minimum atomic E-state index is -5.67. The molecule has 1 rings (SSSR count). The number of hydrogen-bond donors (Lipinski definition) is 0. The van der Waals surface area contributed by atoms with E-state index >= 15 is 0 Å². The van der Waals surface area contributed by atoms with E-state index < -0.39 is 25.9 Å². The van der Waals surface area contributed by atoms with Gasteiger partial charge in [0.1, 0.15) is 0 Å². The number of halogens is 3. The van der Waals surface area contributed by atoms with Crippen LogP contribution in [0.4, 0.5) is 13.2 Å². The standard InChI is InChI=1S/C13H19F3O6S2/c1-19-10-6-9(7-11(20-2)12(10)21-3)8-23(4,5)22-24(17,18)13(14,15)16/h6-7H,8H2,1-5H3. The molecule has 0 saturated carbocycles. The summed E-state index contributed by atoms with van der Waals surface area (Å²) in [7, 11) is -4.08. The van der Waals surface area contributed by atoms with Gasteiger partial charge < -0.3 is 14.2 Å². The van der Waals surface area contributed by atoms with Crippen LogP contribution in [0, 0.1) is 0 Å². The van der Waals surface area contributed by atoms with Crippen molar-refractivity contribution in [3.63, 3.8) is 0 Å². The van der Waals surface area contributed by atoms with Gasteiger partial charge in [0.05, 0.1) is 21.3 Å². The fraction of sp³-hybridized carbons (Fsp3) is 0.538. The molecule has 140 valence electrons. The van der Waals surface area contributed by atoms with Crippen molar-refractivity contribution in [1.82, 2.24) is 0 Å². The van der Waals surface area contributed by atoms with Crippen molar-refractivity contribution in [2.45, 2.75) is 11.3 Å². The summed E-state index contributed by atoms with van der Waals surface area (Å²) in [5, 5.41) is 0. The first-order chi connectivity index (χ1) is 10.9. The number of methoxy groups -OCH3 is 3. The van der Waals surface area contributed by atoms with Crippen LogP contribution in [0.3, 0.4) is 0 Å². The monoisotopic (exact) mass is 392 g/mol. The molecule has 0 aliphatic carbocycles. The van der Waals surface area contributed by atoms with Crippen LogP contribution < -0.4 is 14.2 Å². The van der Waals surface area contributed by atoms with Gasteiger partial charge in [-0.15, -0.1) is 10.3 Å². The lowest BCUT2D eigenvalue weighted by Crippen LogP contribution is -2.27. The molecule has 0 spiro atoms. The number of hydrogen-bond acceptors (Lipinski definition) is 6. The van der Waals surface area contributed by atoms with Gasteiger partial charge in [0.15, 0.2) is 11.5 Å².